The van der Waals surface area contributed by atoms with E-state index in [2.05, 4.69) is 19.9 Å². The lowest BCUT2D eigenvalue weighted by molar-refractivity contribution is 0.0844. The second-order valence-electron chi connectivity index (χ2n) is 8.09. The first-order chi connectivity index (χ1) is 14.2. The Morgan fingerprint density at radius 3 is 2.83 bits per heavy atom. The second-order valence-corrected chi connectivity index (χ2v) is 8.09. The van der Waals surface area contributed by atoms with E-state index >= 15 is 0 Å². The average Bonchev–Trinajstić information content (AvgIpc) is 3.13. The topological polar surface area (TPSA) is 93.2 Å². The van der Waals surface area contributed by atoms with Gasteiger partial charge in [-0.25, -0.2) is 9.97 Å². The van der Waals surface area contributed by atoms with Gasteiger partial charge in [-0.2, -0.15) is 0 Å². The molecule has 3 aromatic rings. The Morgan fingerprint density at radius 2 is 2.03 bits per heavy atom. The highest BCUT2D eigenvalue weighted by atomic mass is 16.4. The van der Waals surface area contributed by atoms with Crippen LogP contribution in [0.25, 0.3) is 11.4 Å². The summed E-state index contributed by atoms with van der Waals surface area (Å²) in [6.45, 7) is 0.752. The zero-order chi connectivity index (χ0) is 19.8. The summed E-state index contributed by atoms with van der Waals surface area (Å²) in [6, 6.07) is 9.77. The van der Waals surface area contributed by atoms with Gasteiger partial charge >= 0.3 is 0 Å². The number of hydrogen-bond acceptors (Lipinski definition) is 5. The van der Waals surface area contributed by atoms with E-state index in [-0.39, 0.29) is 23.6 Å². The number of carbonyl (C=O) groups is 1. The zero-order valence-corrected chi connectivity index (χ0v) is 16.1. The molecule has 2 heterocycles. The summed E-state index contributed by atoms with van der Waals surface area (Å²) in [5.74, 6) is 2.11. The molecule has 0 saturated heterocycles. The molecule has 7 nitrogen and oxygen atoms in total. The Hall–Kier alpha value is -2.93. The van der Waals surface area contributed by atoms with Crippen LogP contribution < -0.4 is 5.32 Å². The molecule has 2 aromatic heterocycles. The lowest BCUT2D eigenvalue weighted by Crippen LogP contribution is -2.39. The van der Waals surface area contributed by atoms with Crippen molar-refractivity contribution in [3.63, 3.8) is 0 Å². The van der Waals surface area contributed by atoms with E-state index in [1.165, 1.54) is 6.20 Å². The number of imidazole rings is 1. The van der Waals surface area contributed by atoms with Crippen LogP contribution in [0.1, 0.15) is 48.0 Å². The molecule has 0 spiro atoms. The standard InChI is InChI=1S/C22H24N4O3/c27-18-11-14(13-26-9-8-23-20(26)15-4-2-1-3-5-15)10-17(18)25-21(28)19-12-24-22(29-19)16-6-7-16/h1-5,8-9,12,14,16-18,27H,6-7,10-11,13H2,(H,25,28)/t14?,17-,18-/m1/s1. The van der Waals surface area contributed by atoms with Crippen LogP contribution >= 0.6 is 0 Å². The number of benzene rings is 1. The number of nitrogens with one attached hydrogen (secondary N) is 1. The van der Waals surface area contributed by atoms with Gasteiger partial charge in [0.1, 0.15) is 5.82 Å². The third-order valence-electron chi connectivity index (χ3n) is 5.82. The smallest absolute Gasteiger partial charge is 0.289 e. The zero-order valence-electron chi connectivity index (χ0n) is 16.1. The Labute approximate surface area is 168 Å². The van der Waals surface area contributed by atoms with Gasteiger partial charge in [-0.05, 0) is 31.6 Å². The molecule has 1 unspecified atom stereocenters. The minimum atomic E-state index is -0.571. The molecule has 150 valence electrons. The molecular weight excluding hydrogens is 368 g/mol. The number of carbonyl (C=O) groups excluding carboxylic acids is 1. The van der Waals surface area contributed by atoms with Crippen LogP contribution in [-0.2, 0) is 6.54 Å². The number of aliphatic hydroxyl groups is 1. The van der Waals surface area contributed by atoms with Crippen LogP contribution in [-0.4, -0.2) is 37.7 Å². The van der Waals surface area contributed by atoms with Crippen molar-refractivity contribution in [3.8, 4) is 11.4 Å². The summed E-state index contributed by atoms with van der Waals surface area (Å²) in [5, 5.41) is 13.4. The van der Waals surface area contributed by atoms with Crippen molar-refractivity contribution in [2.24, 2.45) is 5.92 Å². The largest absolute Gasteiger partial charge is 0.435 e. The SMILES string of the molecule is O=C(N[C@@H]1CC(Cn2ccnc2-c2ccccc2)C[C@H]1O)c1cnc(C2CC2)o1. The highest BCUT2D eigenvalue weighted by Crippen LogP contribution is 2.39. The molecule has 2 aliphatic carbocycles. The molecule has 5 rings (SSSR count). The first kappa shape index (κ1) is 18.1. The molecule has 1 amide bonds. The van der Waals surface area contributed by atoms with Gasteiger partial charge in [0, 0.05) is 30.4 Å². The fraction of sp³-hybridized carbons (Fsp3) is 0.409. The van der Waals surface area contributed by atoms with Crippen molar-refractivity contribution < 1.29 is 14.3 Å². The van der Waals surface area contributed by atoms with Crippen molar-refractivity contribution in [1.29, 1.82) is 0 Å². The van der Waals surface area contributed by atoms with Crippen LogP contribution in [0.15, 0.2) is 53.3 Å². The van der Waals surface area contributed by atoms with Gasteiger partial charge in [0.15, 0.2) is 5.89 Å². The molecule has 2 fully saturated rings. The number of rotatable bonds is 6. The minimum Gasteiger partial charge on any atom is -0.435 e. The van der Waals surface area contributed by atoms with Gasteiger partial charge in [-0.15, -0.1) is 0 Å². The molecule has 0 radical (unpaired) electrons. The van der Waals surface area contributed by atoms with E-state index in [0.29, 0.717) is 24.7 Å². The predicted molar refractivity (Wildman–Crippen MR) is 106 cm³/mol. The lowest BCUT2D eigenvalue weighted by atomic mass is 10.1. The lowest BCUT2D eigenvalue weighted by Gasteiger charge is -2.15. The molecule has 3 atom stereocenters. The number of amides is 1. The maximum Gasteiger partial charge on any atom is 0.289 e. The molecule has 7 heteroatoms. The first-order valence-corrected chi connectivity index (χ1v) is 10.2. The van der Waals surface area contributed by atoms with Gasteiger partial charge < -0.3 is 19.4 Å². The van der Waals surface area contributed by atoms with E-state index in [4.69, 9.17) is 4.42 Å². The third kappa shape index (κ3) is 3.82. The van der Waals surface area contributed by atoms with E-state index in [9.17, 15) is 9.90 Å². The molecule has 29 heavy (non-hydrogen) atoms. The van der Waals surface area contributed by atoms with Gasteiger partial charge in [0.25, 0.3) is 5.91 Å². The summed E-state index contributed by atoms with van der Waals surface area (Å²) in [5.41, 5.74) is 1.07. The number of aromatic nitrogens is 3. The fourth-order valence-electron chi connectivity index (χ4n) is 4.16. The first-order valence-electron chi connectivity index (χ1n) is 10.2. The predicted octanol–water partition coefficient (Wildman–Crippen LogP) is 2.99. The molecule has 0 aliphatic heterocycles. The summed E-state index contributed by atoms with van der Waals surface area (Å²) in [7, 11) is 0. The molecule has 1 aromatic carbocycles. The molecule has 2 N–H and O–H groups in total. The maximum absolute atomic E-state index is 12.5. The van der Waals surface area contributed by atoms with Crippen molar-refractivity contribution >= 4 is 5.91 Å². The maximum atomic E-state index is 12.5. The van der Waals surface area contributed by atoms with Crippen LogP contribution in [0.5, 0.6) is 0 Å². The summed E-state index contributed by atoms with van der Waals surface area (Å²) < 4.78 is 7.69. The molecule has 2 saturated carbocycles. The van der Waals surface area contributed by atoms with E-state index in [1.54, 1.807) is 6.20 Å². The third-order valence-corrected chi connectivity index (χ3v) is 5.82. The fourth-order valence-corrected chi connectivity index (χ4v) is 4.16. The highest BCUT2D eigenvalue weighted by molar-refractivity contribution is 5.91. The number of aliphatic hydroxyl groups excluding tert-OH is 1. The van der Waals surface area contributed by atoms with E-state index in [0.717, 1.165) is 30.8 Å². The second kappa shape index (κ2) is 7.48. The van der Waals surface area contributed by atoms with Crippen LogP contribution in [0.3, 0.4) is 0 Å². The normalized spacial score (nSPS) is 24.0. The number of oxazole rings is 1. The van der Waals surface area contributed by atoms with Gasteiger partial charge in [0.05, 0.1) is 18.3 Å². The van der Waals surface area contributed by atoms with Gasteiger partial charge in [-0.3, -0.25) is 4.79 Å². The Kier molecular flexibility index (Phi) is 4.67. The monoisotopic (exact) mass is 392 g/mol. The summed E-state index contributed by atoms with van der Waals surface area (Å²) >= 11 is 0. The quantitative estimate of drug-likeness (QED) is 0.673. The molecular formula is C22H24N4O3. The van der Waals surface area contributed by atoms with E-state index < -0.39 is 6.10 Å². The molecule has 0 bridgehead atoms. The Balaban J connectivity index is 1.22. The number of nitrogens with zero attached hydrogens (tertiary/aromatic N) is 3. The molecule has 2 aliphatic rings. The average molecular weight is 392 g/mol. The Bertz CT molecular complexity index is 992. The minimum absolute atomic E-state index is 0.225. The van der Waals surface area contributed by atoms with E-state index in [1.807, 2.05) is 36.5 Å². The van der Waals surface area contributed by atoms with Crippen molar-refractivity contribution in [3.05, 3.63) is 60.6 Å². The van der Waals surface area contributed by atoms with Crippen molar-refractivity contribution in [2.75, 3.05) is 0 Å². The number of hydrogen-bond donors (Lipinski definition) is 2. The summed E-state index contributed by atoms with van der Waals surface area (Å²) in [4.78, 5) is 21.2. The summed E-state index contributed by atoms with van der Waals surface area (Å²) in [6.07, 6.45) is 8.18. The van der Waals surface area contributed by atoms with Crippen LogP contribution in [0.4, 0.5) is 0 Å². The van der Waals surface area contributed by atoms with Crippen molar-refractivity contribution in [1.82, 2.24) is 19.9 Å². The van der Waals surface area contributed by atoms with Gasteiger partial charge in [-0.1, -0.05) is 30.3 Å². The highest BCUT2D eigenvalue weighted by Gasteiger charge is 2.35. The van der Waals surface area contributed by atoms with Crippen LogP contribution in [0.2, 0.25) is 0 Å². The van der Waals surface area contributed by atoms with Crippen molar-refractivity contribution in [2.45, 2.75) is 50.3 Å². The van der Waals surface area contributed by atoms with Crippen LogP contribution in [0, 0.1) is 5.92 Å². The Morgan fingerprint density at radius 1 is 1.21 bits per heavy atom. The van der Waals surface area contributed by atoms with Gasteiger partial charge in [0.2, 0.25) is 5.76 Å².